The molecule has 0 radical (unpaired) electrons. The Morgan fingerprint density at radius 1 is 1.24 bits per heavy atom. The summed E-state index contributed by atoms with van der Waals surface area (Å²) in [6, 6.07) is 10.4. The minimum absolute atomic E-state index is 0.217. The van der Waals surface area contributed by atoms with Gasteiger partial charge >= 0.3 is 0 Å². The third-order valence-electron chi connectivity index (χ3n) is 3.37. The fraction of sp³-hybridized carbons (Fsp3) is 0.533. The van der Waals surface area contributed by atoms with E-state index >= 15 is 0 Å². The standard InChI is InChI=1S/C15H23NO/c1-4-15(3,13-17)12-16(5-2)11-14-9-7-6-8-10-14/h6-10,13H,4-5,11-12H2,1-3H3. The first-order valence-electron chi connectivity index (χ1n) is 6.36. The summed E-state index contributed by atoms with van der Waals surface area (Å²) < 4.78 is 0. The molecule has 2 heteroatoms. The van der Waals surface area contributed by atoms with Crippen LogP contribution >= 0.6 is 0 Å². The molecule has 1 rings (SSSR count). The van der Waals surface area contributed by atoms with Crippen molar-refractivity contribution >= 4 is 6.29 Å². The van der Waals surface area contributed by atoms with Gasteiger partial charge in [0.2, 0.25) is 0 Å². The van der Waals surface area contributed by atoms with Gasteiger partial charge < -0.3 is 4.79 Å². The normalized spacial score (nSPS) is 14.6. The van der Waals surface area contributed by atoms with Crippen LogP contribution in [-0.4, -0.2) is 24.3 Å². The summed E-state index contributed by atoms with van der Waals surface area (Å²) >= 11 is 0. The molecule has 0 aliphatic heterocycles. The highest BCUT2D eigenvalue weighted by Crippen LogP contribution is 2.20. The maximum Gasteiger partial charge on any atom is 0.127 e. The Bertz CT molecular complexity index is 336. The van der Waals surface area contributed by atoms with Crippen molar-refractivity contribution in [3.63, 3.8) is 0 Å². The molecule has 1 aromatic carbocycles. The molecule has 94 valence electrons. The van der Waals surface area contributed by atoms with Gasteiger partial charge in [-0.15, -0.1) is 0 Å². The molecule has 1 atom stereocenters. The minimum Gasteiger partial charge on any atom is -0.303 e. The lowest BCUT2D eigenvalue weighted by molar-refractivity contribution is -0.116. The first-order valence-corrected chi connectivity index (χ1v) is 6.36. The summed E-state index contributed by atoms with van der Waals surface area (Å²) in [5, 5.41) is 0. The number of benzene rings is 1. The zero-order valence-electron chi connectivity index (χ0n) is 11.1. The molecule has 0 aliphatic carbocycles. The highest BCUT2D eigenvalue weighted by atomic mass is 16.1. The lowest BCUT2D eigenvalue weighted by Gasteiger charge is -2.30. The molecule has 0 heterocycles. The van der Waals surface area contributed by atoms with E-state index < -0.39 is 0 Å². The van der Waals surface area contributed by atoms with E-state index in [1.165, 1.54) is 5.56 Å². The van der Waals surface area contributed by atoms with Crippen molar-refractivity contribution in [1.29, 1.82) is 0 Å². The molecule has 0 bridgehead atoms. The highest BCUT2D eigenvalue weighted by molar-refractivity contribution is 5.58. The van der Waals surface area contributed by atoms with Crippen LogP contribution in [0, 0.1) is 5.41 Å². The minimum atomic E-state index is -0.217. The number of carbonyl (C=O) groups is 1. The van der Waals surface area contributed by atoms with E-state index in [9.17, 15) is 4.79 Å². The molecule has 0 fully saturated rings. The van der Waals surface area contributed by atoms with Crippen molar-refractivity contribution in [2.45, 2.75) is 33.7 Å². The number of hydrogen-bond acceptors (Lipinski definition) is 2. The lowest BCUT2D eigenvalue weighted by Crippen LogP contribution is -2.36. The van der Waals surface area contributed by atoms with Crippen molar-refractivity contribution in [3.05, 3.63) is 35.9 Å². The van der Waals surface area contributed by atoms with Crippen LogP contribution in [0.25, 0.3) is 0 Å². The fourth-order valence-corrected chi connectivity index (χ4v) is 1.86. The molecule has 17 heavy (non-hydrogen) atoms. The molecule has 0 saturated carbocycles. The molecule has 0 amide bonds. The van der Waals surface area contributed by atoms with Gasteiger partial charge in [-0.05, 0) is 18.5 Å². The summed E-state index contributed by atoms with van der Waals surface area (Å²) in [5.74, 6) is 0. The largest absolute Gasteiger partial charge is 0.303 e. The van der Waals surface area contributed by atoms with Crippen molar-refractivity contribution in [2.24, 2.45) is 5.41 Å². The molecule has 0 aromatic heterocycles. The molecule has 0 saturated heterocycles. The maximum atomic E-state index is 11.1. The Balaban J connectivity index is 2.63. The number of hydrogen-bond donors (Lipinski definition) is 0. The topological polar surface area (TPSA) is 20.3 Å². The average Bonchev–Trinajstić information content (AvgIpc) is 2.39. The Morgan fingerprint density at radius 2 is 1.88 bits per heavy atom. The van der Waals surface area contributed by atoms with Gasteiger partial charge in [0.15, 0.2) is 0 Å². The number of nitrogens with zero attached hydrogens (tertiary/aromatic N) is 1. The Hall–Kier alpha value is -1.15. The Kier molecular flexibility index (Phi) is 5.36. The number of rotatable bonds is 7. The molecule has 1 unspecified atom stereocenters. The molecular formula is C15H23NO. The van der Waals surface area contributed by atoms with Crippen molar-refractivity contribution in [2.75, 3.05) is 13.1 Å². The predicted molar refractivity (Wildman–Crippen MR) is 71.9 cm³/mol. The average molecular weight is 233 g/mol. The second-order valence-electron chi connectivity index (χ2n) is 4.91. The van der Waals surface area contributed by atoms with E-state index in [1.54, 1.807) is 0 Å². The fourth-order valence-electron chi connectivity index (χ4n) is 1.86. The summed E-state index contributed by atoms with van der Waals surface area (Å²) in [5.41, 5.74) is 1.09. The number of aldehydes is 1. The summed E-state index contributed by atoms with van der Waals surface area (Å²) in [6.07, 6.45) is 1.99. The highest BCUT2D eigenvalue weighted by Gasteiger charge is 2.23. The van der Waals surface area contributed by atoms with Gasteiger partial charge in [0.25, 0.3) is 0 Å². The van der Waals surface area contributed by atoms with E-state index in [0.717, 1.165) is 32.3 Å². The van der Waals surface area contributed by atoms with Gasteiger partial charge in [-0.25, -0.2) is 0 Å². The van der Waals surface area contributed by atoms with Crippen molar-refractivity contribution in [1.82, 2.24) is 4.90 Å². The summed E-state index contributed by atoms with van der Waals surface area (Å²) in [6.45, 7) is 8.97. The molecule has 0 N–H and O–H groups in total. The number of carbonyl (C=O) groups excluding carboxylic acids is 1. The van der Waals surface area contributed by atoms with Gasteiger partial charge in [0, 0.05) is 18.5 Å². The summed E-state index contributed by atoms with van der Waals surface area (Å²) in [4.78, 5) is 13.5. The van der Waals surface area contributed by atoms with Crippen molar-refractivity contribution < 1.29 is 4.79 Å². The van der Waals surface area contributed by atoms with E-state index in [-0.39, 0.29) is 5.41 Å². The van der Waals surface area contributed by atoms with Crippen LogP contribution in [0.2, 0.25) is 0 Å². The third-order valence-corrected chi connectivity index (χ3v) is 3.37. The molecule has 0 aliphatic rings. The summed E-state index contributed by atoms with van der Waals surface area (Å²) in [7, 11) is 0. The monoisotopic (exact) mass is 233 g/mol. The van der Waals surface area contributed by atoms with Gasteiger partial charge in [-0.3, -0.25) is 4.90 Å². The lowest BCUT2D eigenvalue weighted by atomic mass is 9.89. The second-order valence-corrected chi connectivity index (χ2v) is 4.91. The zero-order chi connectivity index (χ0) is 12.7. The van der Waals surface area contributed by atoms with E-state index in [2.05, 4.69) is 43.0 Å². The van der Waals surface area contributed by atoms with Crippen molar-refractivity contribution in [3.8, 4) is 0 Å². The van der Waals surface area contributed by atoms with E-state index in [1.807, 2.05) is 13.0 Å². The van der Waals surface area contributed by atoms with Crippen LogP contribution < -0.4 is 0 Å². The molecule has 0 spiro atoms. The molecular weight excluding hydrogens is 210 g/mol. The molecule has 1 aromatic rings. The predicted octanol–water partition coefficient (Wildman–Crippen LogP) is 3.12. The Morgan fingerprint density at radius 3 is 2.35 bits per heavy atom. The van der Waals surface area contributed by atoms with E-state index in [0.29, 0.717) is 0 Å². The van der Waals surface area contributed by atoms with Crippen LogP contribution in [0.5, 0.6) is 0 Å². The van der Waals surface area contributed by atoms with Crippen LogP contribution in [0.15, 0.2) is 30.3 Å². The van der Waals surface area contributed by atoms with Gasteiger partial charge in [-0.1, -0.05) is 51.1 Å². The first-order chi connectivity index (χ1) is 8.13. The smallest absolute Gasteiger partial charge is 0.127 e. The third kappa shape index (κ3) is 4.31. The SMILES string of the molecule is CCN(Cc1ccccc1)CC(C)(C=O)CC. The molecule has 2 nitrogen and oxygen atoms in total. The van der Waals surface area contributed by atoms with Crippen LogP contribution in [0.3, 0.4) is 0 Å². The maximum absolute atomic E-state index is 11.1. The van der Waals surface area contributed by atoms with Gasteiger partial charge in [0.1, 0.15) is 6.29 Å². The van der Waals surface area contributed by atoms with Crippen LogP contribution in [0.1, 0.15) is 32.8 Å². The first kappa shape index (κ1) is 13.9. The zero-order valence-corrected chi connectivity index (χ0v) is 11.1. The van der Waals surface area contributed by atoms with E-state index in [4.69, 9.17) is 0 Å². The van der Waals surface area contributed by atoms with Gasteiger partial charge in [0.05, 0.1) is 0 Å². The second kappa shape index (κ2) is 6.55. The Labute approximate surface area is 105 Å². The van der Waals surface area contributed by atoms with Crippen LogP contribution in [-0.2, 0) is 11.3 Å². The van der Waals surface area contributed by atoms with Crippen LogP contribution in [0.4, 0.5) is 0 Å². The quantitative estimate of drug-likeness (QED) is 0.674. The van der Waals surface area contributed by atoms with Gasteiger partial charge in [-0.2, -0.15) is 0 Å².